The summed E-state index contributed by atoms with van der Waals surface area (Å²) in [4.78, 5) is 7.86. The summed E-state index contributed by atoms with van der Waals surface area (Å²) in [5.41, 5.74) is 0.613. The van der Waals surface area contributed by atoms with Crippen LogP contribution in [0.1, 0.15) is 26.7 Å². The van der Waals surface area contributed by atoms with E-state index in [4.69, 9.17) is 27.9 Å². The van der Waals surface area contributed by atoms with Gasteiger partial charge in [0.2, 0.25) is 5.95 Å². The summed E-state index contributed by atoms with van der Waals surface area (Å²) in [6.07, 6.45) is 1.98. The number of likely N-dealkylation sites (tertiary alicyclic amines) is 1. The molecule has 0 aliphatic carbocycles. The van der Waals surface area contributed by atoms with Crippen LogP contribution in [-0.2, 0) is 14.8 Å². The predicted octanol–water partition coefficient (Wildman–Crippen LogP) is 4.66. The van der Waals surface area contributed by atoms with Crippen LogP contribution in [0, 0.1) is 11.4 Å². The summed E-state index contributed by atoms with van der Waals surface area (Å²) in [6, 6.07) is 6.70. The van der Waals surface area contributed by atoms with Gasteiger partial charge in [-0.3, -0.25) is 9.62 Å². The van der Waals surface area contributed by atoms with Crippen molar-refractivity contribution in [3.63, 3.8) is 0 Å². The molecule has 4 rings (SSSR count). The molecule has 0 amide bonds. The fraction of sp³-hybridized carbons (Fsp3) is 0.522. The van der Waals surface area contributed by atoms with E-state index in [-0.39, 0.29) is 26.4 Å². The van der Waals surface area contributed by atoms with Gasteiger partial charge in [-0.15, -0.1) is 0 Å². The first-order chi connectivity index (χ1) is 15.9. The van der Waals surface area contributed by atoms with Crippen LogP contribution in [-0.4, -0.2) is 63.7 Å². The first-order valence-corrected chi connectivity index (χ1v) is 13.3. The van der Waals surface area contributed by atoms with Crippen molar-refractivity contribution >= 4 is 44.7 Å². The number of ether oxygens (including phenoxy) is 1. The van der Waals surface area contributed by atoms with Gasteiger partial charge in [0.1, 0.15) is 10.7 Å². The molecule has 2 aliphatic heterocycles. The van der Waals surface area contributed by atoms with Crippen molar-refractivity contribution in [2.45, 2.75) is 37.2 Å². The van der Waals surface area contributed by atoms with Gasteiger partial charge in [0.05, 0.1) is 21.3 Å². The fourth-order valence-corrected chi connectivity index (χ4v) is 6.70. The lowest BCUT2D eigenvalue weighted by atomic mass is 9.93. The minimum atomic E-state index is -4.12. The molecule has 3 heterocycles. The highest BCUT2D eigenvalue weighted by Crippen LogP contribution is 2.39. The molecule has 186 valence electrons. The number of anilines is 2. The van der Waals surface area contributed by atoms with E-state index in [1.54, 1.807) is 13.2 Å². The molecular weight excluding hydrogens is 502 g/mol. The maximum absolute atomic E-state index is 13.4. The molecule has 0 radical (unpaired) electrons. The van der Waals surface area contributed by atoms with Crippen LogP contribution >= 0.6 is 23.2 Å². The summed E-state index contributed by atoms with van der Waals surface area (Å²) >= 11 is 12.9. The lowest BCUT2D eigenvalue weighted by Gasteiger charge is -2.33. The third-order valence-electron chi connectivity index (χ3n) is 6.60. The van der Waals surface area contributed by atoms with Crippen LogP contribution in [0.4, 0.5) is 15.9 Å². The average Bonchev–Trinajstić information content (AvgIpc) is 3.32. The zero-order valence-corrected chi connectivity index (χ0v) is 21.8. The molecule has 0 spiro atoms. The Morgan fingerprint density at radius 3 is 2.56 bits per heavy atom. The van der Waals surface area contributed by atoms with Gasteiger partial charge in [0.15, 0.2) is 0 Å². The molecule has 34 heavy (non-hydrogen) atoms. The molecule has 2 fully saturated rings. The van der Waals surface area contributed by atoms with E-state index in [0.29, 0.717) is 24.2 Å². The zero-order valence-electron chi connectivity index (χ0n) is 19.4. The lowest BCUT2D eigenvalue weighted by Crippen LogP contribution is -2.46. The van der Waals surface area contributed by atoms with E-state index in [2.05, 4.69) is 33.4 Å². The van der Waals surface area contributed by atoms with Crippen LogP contribution in [0.2, 0.25) is 10.0 Å². The molecular formula is C23H29Cl2FN4O3S. The van der Waals surface area contributed by atoms with Crippen molar-refractivity contribution in [3.05, 3.63) is 46.3 Å². The normalized spacial score (nSPS) is 22.9. The van der Waals surface area contributed by atoms with Crippen LogP contribution in [0.3, 0.4) is 0 Å². The van der Waals surface area contributed by atoms with Crippen molar-refractivity contribution in [2.75, 3.05) is 49.5 Å². The Labute approximate surface area is 210 Å². The van der Waals surface area contributed by atoms with Crippen molar-refractivity contribution in [3.8, 4) is 0 Å². The van der Waals surface area contributed by atoms with Gasteiger partial charge in [-0.05, 0) is 49.1 Å². The number of methoxy groups -OCH3 is 1. The molecule has 2 saturated heterocycles. The molecule has 1 N–H and O–H groups in total. The van der Waals surface area contributed by atoms with E-state index >= 15 is 0 Å². The van der Waals surface area contributed by atoms with Gasteiger partial charge >= 0.3 is 0 Å². The molecule has 1 aromatic carbocycles. The molecule has 2 aromatic rings. The standard InChI is InChI=1S/C23H29Cl2FN4O3S/c1-22(2)7-9-29(13-22)14-23(33-3)8-10-30(15-23)18-11-17(25)19(12-16(18)24)34(31,32)28-21-6-4-5-20(26)27-21/h4-6,11-12H,7-10,13-15H2,1-3H3,(H,27,28)/t23-/m1/s1. The Hall–Kier alpha value is -1.65. The SMILES string of the molecule is CO[C@@]1(CN2CCC(C)(C)C2)CCN(c2cc(Cl)c(S(=O)(=O)Nc3cccc(F)n3)cc2Cl)C1. The number of hydrogen-bond acceptors (Lipinski definition) is 6. The highest BCUT2D eigenvalue weighted by Gasteiger charge is 2.42. The fourth-order valence-electron chi connectivity index (χ4n) is 4.80. The lowest BCUT2D eigenvalue weighted by molar-refractivity contribution is -0.0166. The van der Waals surface area contributed by atoms with E-state index in [0.717, 1.165) is 38.5 Å². The summed E-state index contributed by atoms with van der Waals surface area (Å²) in [6.45, 7) is 8.79. The van der Waals surface area contributed by atoms with Crippen molar-refractivity contribution < 1.29 is 17.5 Å². The van der Waals surface area contributed by atoms with Crippen molar-refractivity contribution in [2.24, 2.45) is 5.41 Å². The van der Waals surface area contributed by atoms with Gasteiger partial charge in [-0.2, -0.15) is 4.39 Å². The van der Waals surface area contributed by atoms with Crippen molar-refractivity contribution in [1.82, 2.24) is 9.88 Å². The summed E-state index contributed by atoms with van der Waals surface area (Å²) in [5, 5.41) is 0.269. The zero-order chi connectivity index (χ0) is 24.7. The van der Waals surface area contributed by atoms with E-state index in [1.807, 2.05) is 0 Å². The smallest absolute Gasteiger partial charge is 0.264 e. The number of rotatable bonds is 7. The van der Waals surface area contributed by atoms with Gasteiger partial charge in [0, 0.05) is 33.3 Å². The monoisotopic (exact) mass is 530 g/mol. The topological polar surface area (TPSA) is 74.8 Å². The number of pyridine rings is 1. The summed E-state index contributed by atoms with van der Waals surface area (Å²) < 4.78 is 47.3. The average molecular weight is 531 g/mol. The summed E-state index contributed by atoms with van der Waals surface area (Å²) in [5.74, 6) is -0.946. The molecule has 7 nitrogen and oxygen atoms in total. The maximum Gasteiger partial charge on any atom is 0.264 e. The number of nitrogens with one attached hydrogen (secondary N) is 1. The minimum Gasteiger partial charge on any atom is -0.375 e. The Bertz CT molecular complexity index is 1180. The van der Waals surface area contributed by atoms with Gasteiger partial charge < -0.3 is 9.64 Å². The van der Waals surface area contributed by atoms with Gasteiger partial charge in [-0.25, -0.2) is 13.4 Å². The first kappa shape index (κ1) is 25.4. The number of hydrogen-bond donors (Lipinski definition) is 1. The molecule has 1 atom stereocenters. The Morgan fingerprint density at radius 1 is 1.15 bits per heavy atom. The van der Waals surface area contributed by atoms with Crippen LogP contribution in [0.5, 0.6) is 0 Å². The molecule has 0 unspecified atom stereocenters. The highest BCUT2D eigenvalue weighted by atomic mass is 35.5. The second kappa shape index (κ2) is 9.43. The minimum absolute atomic E-state index is 0.0134. The van der Waals surface area contributed by atoms with Crippen LogP contribution in [0.25, 0.3) is 0 Å². The van der Waals surface area contributed by atoms with E-state index in [9.17, 15) is 12.8 Å². The second-order valence-corrected chi connectivity index (χ2v) is 12.3. The maximum atomic E-state index is 13.4. The van der Waals surface area contributed by atoms with Gasteiger partial charge in [-0.1, -0.05) is 43.1 Å². The van der Waals surface area contributed by atoms with Crippen molar-refractivity contribution in [1.29, 1.82) is 0 Å². The third kappa shape index (κ3) is 5.44. The second-order valence-electron chi connectivity index (χ2n) is 9.87. The Kier molecular flexibility index (Phi) is 7.05. The Balaban J connectivity index is 1.53. The summed E-state index contributed by atoms with van der Waals surface area (Å²) in [7, 11) is -2.39. The van der Waals surface area contributed by atoms with Gasteiger partial charge in [0.25, 0.3) is 10.0 Å². The quantitative estimate of drug-likeness (QED) is 0.525. The largest absolute Gasteiger partial charge is 0.375 e. The Morgan fingerprint density at radius 2 is 1.91 bits per heavy atom. The highest BCUT2D eigenvalue weighted by molar-refractivity contribution is 7.92. The van der Waals surface area contributed by atoms with Crippen LogP contribution in [0.15, 0.2) is 35.2 Å². The molecule has 2 aliphatic rings. The molecule has 11 heteroatoms. The first-order valence-electron chi connectivity index (χ1n) is 11.1. The number of aromatic nitrogens is 1. The van der Waals surface area contributed by atoms with E-state index < -0.39 is 16.0 Å². The molecule has 0 bridgehead atoms. The molecule has 1 aromatic heterocycles. The predicted molar refractivity (Wildman–Crippen MR) is 133 cm³/mol. The van der Waals surface area contributed by atoms with Crippen LogP contribution < -0.4 is 9.62 Å². The number of halogens is 3. The number of nitrogens with zero attached hydrogens (tertiary/aromatic N) is 3. The van der Waals surface area contributed by atoms with E-state index in [1.165, 1.54) is 18.2 Å². The number of sulfonamides is 1. The molecule has 0 saturated carbocycles. The number of benzene rings is 1. The third-order valence-corrected chi connectivity index (χ3v) is 8.73.